The Morgan fingerprint density at radius 1 is 0.631 bits per heavy atom. The van der Waals surface area contributed by atoms with E-state index in [4.69, 9.17) is 23.7 Å². The van der Waals surface area contributed by atoms with Gasteiger partial charge in [-0.1, -0.05) is 6.07 Å². The van der Waals surface area contributed by atoms with Crippen molar-refractivity contribution in [1.29, 1.82) is 0 Å². The van der Waals surface area contributed by atoms with E-state index >= 15 is 0 Å². The molecule has 5 aromatic rings. The van der Waals surface area contributed by atoms with Crippen LogP contribution in [0, 0.1) is 0 Å². The van der Waals surface area contributed by atoms with Crippen LogP contribution in [-0.4, -0.2) is 132 Å². The van der Waals surface area contributed by atoms with Crippen molar-refractivity contribution >= 4 is 23.7 Å². The predicted octanol–water partition coefficient (Wildman–Crippen LogP) is 2.43. The first-order valence-corrected chi connectivity index (χ1v) is 18.7. The van der Waals surface area contributed by atoms with Gasteiger partial charge < -0.3 is 95.2 Å². The van der Waals surface area contributed by atoms with Gasteiger partial charge in [0.1, 0.15) is 35.5 Å². The second-order valence-electron chi connectivity index (χ2n) is 14.5. The Balaban J connectivity index is 1.33. The second kappa shape index (κ2) is 16.9. The van der Waals surface area contributed by atoms with E-state index in [1.165, 1.54) is 12.1 Å². The highest BCUT2D eigenvalue weighted by Crippen LogP contribution is 2.53. The number of hydrogen-bond donors (Lipinski definition) is 14. The molecular formula is C42H34O23. The van der Waals surface area contributed by atoms with Crippen molar-refractivity contribution in [2.75, 3.05) is 6.61 Å². The lowest BCUT2D eigenvalue weighted by Crippen LogP contribution is -2.62. The number of esters is 3. The van der Waals surface area contributed by atoms with Crippen molar-refractivity contribution in [1.82, 2.24) is 0 Å². The smallest absolute Gasteiger partial charge is 0.339 e. The van der Waals surface area contributed by atoms with Crippen molar-refractivity contribution < 1.29 is 114 Å². The summed E-state index contributed by atoms with van der Waals surface area (Å²) < 4.78 is 28.3. The van der Waals surface area contributed by atoms with Gasteiger partial charge in [0.25, 0.3) is 0 Å². The Kier molecular flexibility index (Phi) is 11.5. The SMILES string of the molecule is O=C(O[C@@H]1[C@@H](O)[C@H](Oc2cc(O)cc(O)c2C(=O)CCc2ccc(O)c(O)c2)O[C@@H]2COC(=O)c3cc(O)c(O)c(O)c3-c3c(cc(O)c(O)c3O)C(=O)O[C@@H]12)c1cc(O)c(O)c(O)c1. The number of phenols is 13. The Bertz CT molecular complexity index is 2780. The number of ether oxygens (including phenoxy) is 5. The summed E-state index contributed by atoms with van der Waals surface area (Å²) in [5.41, 5.74) is -4.83. The van der Waals surface area contributed by atoms with Crippen LogP contribution in [0.3, 0.4) is 0 Å². The number of aliphatic hydroxyl groups excluding tert-OH is 1. The zero-order valence-corrected chi connectivity index (χ0v) is 32.6. The van der Waals surface area contributed by atoms with Gasteiger partial charge in [0.2, 0.25) is 17.8 Å². The van der Waals surface area contributed by atoms with Crippen LogP contribution in [-0.2, 0) is 25.4 Å². The Morgan fingerprint density at radius 3 is 1.82 bits per heavy atom. The standard InChI is InChI=1S/C42H34O23/c43-15-8-21(47)30(19(45)4-2-13-1-3-18(44)20(46)5-13)26(9-15)62-42-36(57)38(65-39(58)14-6-22(48)31(52)23(49)7-14)37-27(63-42)12-61-40(59)16-10-24(50)32(53)34(55)28(16)29-17(41(60)64-37)11-25(51)33(54)35(29)56/h1,3,5-11,27,36-38,42-44,46-57H,2,4,12H2/t27-,36-,37-,38-,42-/m1/s1. The number of ketones is 1. The first-order chi connectivity index (χ1) is 30.7. The zero-order chi connectivity index (χ0) is 47.3. The molecule has 7 rings (SSSR count). The summed E-state index contributed by atoms with van der Waals surface area (Å²) in [7, 11) is 0. The second-order valence-corrected chi connectivity index (χ2v) is 14.5. The van der Waals surface area contributed by atoms with Crippen LogP contribution in [0.2, 0.25) is 0 Å². The van der Waals surface area contributed by atoms with Crippen LogP contribution < -0.4 is 4.74 Å². The average molecular weight is 907 g/mol. The molecule has 23 heteroatoms. The molecule has 0 radical (unpaired) electrons. The largest absolute Gasteiger partial charge is 0.508 e. The summed E-state index contributed by atoms with van der Waals surface area (Å²) in [6.07, 6.45) is -11.6. The lowest BCUT2D eigenvalue weighted by molar-refractivity contribution is -0.276. The number of Topliss-reactive ketones (excluding diaryl/α,β-unsaturated/α-hetero) is 1. The van der Waals surface area contributed by atoms with E-state index in [-0.39, 0.29) is 6.42 Å². The molecule has 0 spiro atoms. The third kappa shape index (κ3) is 8.21. The topological polar surface area (TPSA) is 398 Å². The van der Waals surface area contributed by atoms with Gasteiger partial charge in [-0.3, -0.25) is 4.79 Å². The molecule has 2 aliphatic rings. The lowest BCUT2D eigenvalue weighted by Gasteiger charge is -2.43. The maximum absolute atomic E-state index is 14.2. The monoisotopic (exact) mass is 906 g/mol. The van der Waals surface area contributed by atoms with E-state index in [1.807, 2.05) is 0 Å². The summed E-state index contributed by atoms with van der Waals surface area (Å²) in [5.74, 6) is -19.6. The van der Waals surface area contributed by atoms with Crippen molar-refractivity contribution in [2.24, 2.45) is 0 Å². The quantitative estimate of drug-likeness (QED) is 0.0460. The summed E-state index contributed by atoms with van der Waals surface area (Å²) in [6, 6.07) is 7.54. The van der Waals surface area contributed by atoms with Crippen LogP contribution in [0.15, 0.2) is 54.6 Å². The number of rotatable bonds is 8. The minimum atomic E-state index is -2.41. The van der Waals surface area contributed by atoms with Crippen LogP contribution in [0.1, 0.15) is 53.4 Å². The first-order valence-electron chi connectivity index (χ1n) is 18.7. The number of carbonyl (C=O) groups excluding carboxylic acids is 4. The molecule has 0 aliphatic carbocycles. The van der Waals surface area contributed by atoms with E-state index in [2.05, 4.69) is 0 Å². The number of fused-ring (bicyclic) bond motifs is 4. The highest BCUT2D eigenvalue weighted by atomic mass is 16.7. The van der Waals surface area contributed by atoms with Crippen LogP contribution in [0.4, 0.5) is 0 Å². The molecule has 0 aromatic heterocycles. The highest BCUT2D eigenvalue weighted by molar-refractivity contribution is 6.08. The van der Waals surface area contributed by atoms with Gasteiger partial charge in [0.05, 0.1) is 16.7 Å². The van der Waals surface area contributed by atoms with Gasteiger partial charge in [0, 0.05) is 29.7 Å². The molecule has 1 saturated heterocycles. The summed E-state index contributed by atoms with van der Waals surface area (Å²) in [4.78, 5) is 55.3. The highest BCUT2D eigenvalue weighted by Gasteiger charge is 2.52. The molecule has 0 bridgehead atoms. The number of cyclic esters (lactones) is 1. The van der Waals surface area contributed by atoms with E-state index in [0.29, 0.717) is 29.8 Å². The van der Waals surface area contributed by atoms with E-state index in [1.54, 1.807) is 0 Å². The fraction of sp³-hybridized carbons (Fsp3) is 0.190. The number of aryl methyl sites for hydroxylation is 1. The number of aromatic hydroxyl groups is 13. The molecule has 5 atom stereocenters. The maximum atomic E-state index is 14.2. The van der Waals surface area contributed by atoms with Gasteiger partial charge in [-0.05, 0) is 48.4 Å². The Labute approximate surface area is 361 Å². The summed E-state index contributed by atoms with van der Waals surface area (Å²) in [5, 5.41) is 146. The van der Waals surface area contributed by atoms with Gasteiger partial charge in [-0.25, -0.2) is 14.4 Å². The first kappa shape index (κ1) is 44.4. The number of phenolic OH excluding ortho intramolecular Hbond substituents is 13. The fourth-order valence-electron chi connectivity index (χ4n) is 7.05. The number of carbonyl (C=O) groups is 4. The number of benzene rings is 5. The predicted molar refractivity (Wildman–Crippen MR) is 209 cm³/mol. The van der Waals surface area contributed by atoms with Crippen LogP contribution >= 0.6 is 0 Å². The molecule has 1 fully saturated rings. The normalized spacial score (nSPS) is 19.3. The molecule has 5 aromatic carbocycles. The van der Waals surface area contributed by atoms with Crippen molar-refractivity contribution in [2.45, 2.75) is 43.5 Å². The molecule has 14 N–H and O–H groups in total. The third-order valence-electron chi connectivity index (χ3n) is 10.3. The summed E-state index contributed by atoms with van der Waals surface area (Å²) >= 11 is 0. The van der Waals surface area contributed by atoms with E-state index < -0.39 is 181 Å². The van der Waals surface area contributed by atoms with Crippen LogP contribution in [0.5, 0.6) is 80.5 Å². The van der Waals surface area contributed by atoms with Gasteiger partial charge >= 0.3 is 17.9 Å². The minimum absolute atomic E-state index is 0.0908. The van der Waals surface area contributed by atoms with E-state index in [9.17, 15) is 90.7 Å². The average Bonchev–Trinajstić information content (AvgIpc) is 3.26. The zero-order valence-electron chi connectivity index (χ0n) is 32.6. The molecule has 0 saturated carbocycles. The number of hydrogen-bond acceptors (Lipinski definition) is 23. The lowest BCUT2D eigenvalue weighted by atomic mass is 9.92. The molecule has 0 amide bonds. The molecule has 2 heterocycles. The molecule has 0 unspecified atom stereocenters. The third-order valence-corrected chi connectivity index (χ3v) is 10.3. The summed E-state index contributed by atoms with van der Waals surface area (Å²) in [6.45, 7) is -1.12. The molecule has 2 aliphatic heterocycles. The Hall–Kier alpha value is -8.70. The van der Waals surface area contributed by atoms with Crippen molar-refractivity contribution in [3.63, 3.8) is 0 Å². The fourth-order valence-corrected chi connectivity index (χ4v) is 7.05. The number of aliphatic hydroxyl groups is 1. The molecule has 23 nitrogen and oxygen atoms in total. The molecular weight excluding hydrogens is 872 g/mol. The van der Waals surface area contributed by atoms with Gasteiger partial charge in [0.15, 0.2) is 75.8 Å². The van der Waals surface area contributed by atoms with Gasteiger partial charge in [-0.2, -0.15) is 0 Å². The van der Waals surface area contributed by atoms with Crippen molar-refractivity contribution in [3.05, 3.63) is 82.4 Å². The molecule has 65 heavy (non-hydrogen) atoms. The minimum Gasteiger partial charge on any atom is -0.508 e. The van der Waals surface area contributed by atoms with E-state index in [0.717, 1.165) is 18.2 Å². The van der Waals surface area contributed by atoms with Crippen LogP contribution in [0.25, 0.3) is 11.1 Å². The van der Waals surface area contributed by atoms with Crippen molar-refractivity contribution in [3.8, 4) is 91.6 Å². The molecule has 340 valence electrons. The van der Waals surface area contributed by atoms with Gasteiger partial charge in [-0.15, -0.1) is 0 Å². The maximum Gasteiger partial charge on any atom is 0.339 e. The Morgan fingerprint density at radius 2 is 1.22 bits per heavy atom.